The first-order valence-corrected chi connectivity index (χ1v) is 9.68. The summed E-state index contributed by atoms with van der Waals surface area (Å²) in [4.78, 5) is 0.698. The molecule has 1 atom stereocenters. The normalized spacial score (nSPS) is 12.8. The first kappa shape index (κ1) is 17.1. The molecule has 0 aliphatic carbocycles. The fourth-order valence-corrected chi connectivity index (χ4v) is 4.20. The molecule has 0 spiro atoms. The van der Waals surface area contributed by atoms with Crippen molar-refractivity contribution in [3.63, 3.8) is 0 Å². The van der Waals surface area contributed by atoms with Crippen molar-refractivity contribution in [2.75, 3.05) is 5.75 Å². The van der Waals surface area contributed by atoms with Crippen molar-refractivity contribution >= 4 is 26.7 Å². The molecule has 4 heteroatoms. The minimum Gasteiger partial charge on any atom is -0.379 e. The SMILES string of the molecule is O=S(CC(O)(c1ccccc1)c1ccccc1)c1ccc(Br)cc1. The highest BCUT2D eigenvalue weighted by Gasteiger charge is 2.33. The molecule has 3 aromatic carbocycles. The van der Waals surface area contributed by atoms with Crippen molar-refractivity contribution in [2.24, 2.45) is 0 Å². The summed E-state index contributed by atoms with van der Waals surface area (Å²) in [7, 11) is -1.33. The van der Waals surface area contributed by atoms with Crippen LogP contribution in [0.4, 0.5) is 0 Å². The molecule has 0 heterocycles. The molecule has 0 saturated carbocycles. The summed E-state index contributed by atoms with van der Waals surface area (Å²) in [6.45, 7) is 0. The molecule has 0 aliphatic rings. The van der Waals surface area contributed by atoms with Crippen LogP contribution in [-0.2, 0) is 16.4 Å². The Hall–Kier alpha value is -1.75. The van der Waals surface area contributed by atoms with E-state index < -0.39 is 16.4 Å². The summed E-state index contributed by atoms with van der Waals surface area (Å²) in [6, 6.07) is 26.1. The molecule has 122 valence electrons. The van der Waals surface area contributed by atoms with Gasteiger partial charge in [-0.15, -0.1) is 0 Å². The van der Waals surface area contributed by atoms with Crippen LogP contribution in [0.1, 0.15) is 11.1 Å². The lowest BCUT2D eigenvalue weighted by Crippen LogP contribution is -2.33. The molecule has 3 aromatic rings. The monoisotopic (exact) mass is 400 g/mol. The summed E-state index contributed by atoms with van der Waals surface area (Å²) in [5.41, 5.74) is 0.170. The highest BCUT2D eigenvalue weighted by molar-refractivity contribution is 9.10. The minimum atomic E-state index is -1.33. The fraction of sp³-hybridized carbons (Fsp3) is 0.100. The van der Waals surface area contributed by atoms with Gasteiger partial charge in [0.15, 0.2) is 0 Å². The lowest BCUT2D eigenvalue weighted by atomic mass is 9.88. The first-order chi connectivity index (χ1) is 11.6. The molecule has 0 aliphatic heterocycles. The van der Waals surface area contributed by atoms with Crippen molar-refractivity contribution in [1.82, 2.24) is 0 Å². The molecular weight excluding hydrogens is 384 g/mol. The molecule has 0 fully saturated rings. The van der Waals surface area contributed by atoms with Gasteiger partial charge in [0, 0.05) is 9.37 Å². The van der Waals surface area contributed by atoms with Crippen molar-refractivity contribution < 1.29 is 9.32 Å². The van der Waals surface area contributed by atoms with Crippen LogP contribution < -0.4 is 0 Å². The van der Waals surface area contributed by atoms with Crippen molar-refractivity contribution in [1.29, 1.82) is 0 Å². The maximum absolute atomic E-state index is 12.9. The van der Waals surface area contributed by atoms with E-state index in [9.17, 15) is 9.32 Å². The van der Waals surface area contributed by atoms with Gasteiger partial charge in [0.1, 0.15) is 5.60 Å². The molecule has 1 unspecified atom stereocenters. The summed E-state index contributed by atoms with van der Waals surface area (Å²) in [5, 5.41) is 11.4. The van der Waals surface area contributed by atoms with Crippen LogP contribution in [0.15, 0.2) is 94.3 Å². The van der Waals surface area contributed by atoms with Crippen molar-refractivity contribution in [3.05, 3.63) is 101 Å². The largest absolute Gasteiger partial charge is 0.379 e. The van der Waals surface area contributed by atoms with Gasteiger partial charge in [0.25, 0.3) is 0 Å². The third-order valence-electron chi connectivity index (χ3n) is 3.92. The van der Waals surface area contributed by atoms with Crippen LogP contribution in [0.5, 0.6) is 0 Å². The Balaban J connectivity index is 2.00. The van der Waals surface area contributed by atoms with Crippen LogP contribution in [0, 0.1) is 0 Å². The van der Waals surface area contributed by atoms with Gasteiger partial charge in [0.2, 0.25) is 0 Å². The third-order valence-corrected chi connectivity index (χ3v) is 5.93. The smallest absolute Gasteiger partial charge is 0.126 e. The topological polar surface area (TPSA) is 37.3 Å². The van der Waals surface area contributed by atoms with Crippen LogP contribution in [0.25, 0.3) is 0 Å². The zero-order valence-corrected chi connectivity index (χ0v) is 15.3. The van der Waals surface area contributed by atoms with Gasteiger partial charge in [-0.25, -0.2) is 0 Å². The zero-order chi connectivity index (χ0) is 17.0. The summed E-state index contributed by atoms with van der Waals surface area (Å²) < 4.78 is 13.8. The van der Waals surface area contributed by atoms with Gasteiger partial charge in [-0.05, 0) is 35.4 Å². The first-order valence-electron chi connectivity index (χ1n) is 7.57. The Morgan fingerprint density at radius 3 is 1.71 bits per heavy atom. The zero-order valence-electron chi connectivity index (χ0n) is 12.9. The second-order valence-electron chi connectivity index (χ2n) is 5.54. The predicted octanol–water partition coefficient (Wildman–Crippen LogP) is 4.49. The molecule has 2 nitrogen and oxygen atoms in total. The van der Waals surface area contributed by atoms with Gasteiger partial charge >= 0.3 is 0 Å². The minimum absolute atomic E-state index is 0.0999. The van der Waals surface area contributed by atoms with E-state index in [4.69, 9.17) is 0 Å². The molecule has 1 N–H and O–H groups in total. The van der Waals surface area contributed by atoms with E-state index in [1.807, 2.05) is 84.9 Å². The number of hydrogen-bond acceptors (Lipinski definition) is 2. The van der Waals surface area contributed by atoms with E-state index >= 15 is 0 Å². The predicted molar refractivity (Wildman–Crippen MR) is 101 cm³/mol. The number of hydrogen-bond donors (Lipinski definition) is 1. The van der Waals surface area contributed by atoms with E-state index in [1.165, 1.54) is 0 Å². The van der Waals surface area contributed by atoms with Crippen LogP contribution in [-0.4, -0.2) is 15.1 Å². The van der Waals surface area contributed by atoms with Crippen molar-refractivity contribution in [3.8, 4) is 0 Å². The number of rotatable bonds is 5. The molecule has 0 amide bonds. The Morgan fingerprint density at radius 1 is 0.792 bits per heavy atom. The Morgan fingerprint density at radius 2 is 1.25 bits per heavy atom. The maximum atomic E-state index is 12.9. The average molecular weight is 401 g/mol. The molecule has 0 saturated heterocycles. The second kappa shape index (κ2) is 7.43. The molecule has 0 aromatic heterocycles. The molecule has 0 radical (unpaired) electrons. The number of halogens is 1. The fourth-order valence-electron chi connectivity index (χ4n) is 2.62. The summed E-state index contributed by atoms with van der Waals surface area (Å²) >= 11 is 3.38. The van der Waals surface area contributed by atoms with E-state index in [0.29, 0.717) is 4.90 Å². The quantitative estimate of drug-likeness (QED) is 0.684. The van der Waals surface area contributed by atoms with Gasteiger partial charge in [-0.3, -0.25) is 4.21 Å². The van der Waals surface area contributed by atoms with E-state index in [1.54, 1.807) is 0 Å². The highest BCUT2D eigenvalue weighted by atomic mass is 79.9. The Bertz CT molecular complexity index is 778. The number of aliphatic hydroxyl groups is 1. The molecular formula is C20H17BrO2S. The van der Waals surface area contributed by atoms with E-state index in [2.05, 4.69) is 15.9 Å². The van der Waals surface area contributed by atoms with Crippen LogP contribution in [0.3, 0.4) is 0 Å². The average Bonchev–Trinajstić information content (AvgIpc) is 2.63. The Labute approximate surface area is 152 Å². The van der Waals surface area contributed by atoms with E-state index in [-0.39, 0.29) is 5.75 Å². The van der Waals surface area contributed by atoms with Crippen molar-refractivity contribution in [2.45, 2.75) is 10.5 Å². The summed E-state index contributed by atoms with van der Waals surface area (Å²) in [6.07, 6.45) is 0. The number of benzene rings is 3. The Kier molecular flexibility index (Phi) is 5.29. The van der Waals surface area contributed by atoms with Gasteiger partial charge < -0.3 is 5.11 Å². The second-order valence-corrected chi connectivity index (χ2v) is 7.90. The third kappa shape index (κ3) is 3.66. The van der Waals surface area contributed by atoms with Gasteiger partial charge in [-0.2, -0.15) is 0 Å². The summed E-state index contributed by atoms with van der Waals surface area (Å²) in [5.74, 6) is 0.0999. The van der Waals surface area contributed by atoms with Gasteiger partial charge in [-0.1, -0.05) is 76.6 Å². The molecule has 24 heavy (non-hydrogen) atoms. The lowest BCUT2D eigenvalue weighted by molar-refractivity contribution is 0.106. The van der Waals surface area contributed by atoms with E-state index in [0.717, 1.165) is 15.6 Å². The standard InChI is InChI=1S/C20H17BrO2S/c21-18-11-13-19(14-12-18)24(23)15-20(22,16-7-3-1-4-8-16)17-9-5-2-6-10-17/h1-14,22H,15H2. The highest BCUT2D eigenvalue weighted by Crippen LogP contribution is 2.32. The van der Waals surface area contributed by atoms with Crippen LogP contribution in [0.2, 0.25) is 0 Å². The molecule has 3 rings (SSSR count). The maximum Gasteiger partial charge on any atom is 0.126 e. The lowest BCUT2D eigenvalue weighted by Gasteiger charge is -2.29. The van der Waals surface area contributed by atoms with Crippen LogP contribution >= 0.6 is 15.9 Å². The molecule has 0 bridgehead atoms. The van der Waals surface area contributed by atoms with Gasteiger partial charge in [0.05, 0.1) is 16.6 Å².